The summed E-state index contributed by atoms with van der Waals surface area (Å²) in [5.41, 5.74) is 8.31. The molecule has 0 spiro atoms. The summed E-state index contributed by atoms with van der Waals surface area (Å²) in [5.74, 6) is 1.92. The largest absolute Gasteiger partial charge is 0.471 e. The molecule has 0 radical (unpaired) electrons. The van der Waals surface area contributed by atoms with Gasteiger partial charge < -0.3 is 20.1 Å². The molecule has 29 heavy (non-hydrogen) atoms. The molecular weight excluding hydrogens is 366 g/mol. The van der Waals surface area contributed by atoms with Crippen LogP contribution in [0.3, 0.4) is 0 Å². The molecule has 0 atom stereocenters. The van der Waals surface area contributed by atoms with E-state index in [1.54, 1.807) is 6.20 Å². The van der Waals surface area contributed by atoms with Gasteiger partial charge in [0, 0.05) is 30.9 Å². The van der Waals surface area contributed by atoms with E-state index in [4.69, 9.17) is 20.2 Å². The van der Waals surface area contributed by atoms with Crippen molar-refractivity contribution in [1.82, 2.24) is 15.0 Å². The lowest BCUT2D eigenvalue weighted by Crippen LogP contribution is -2.36. The minimum Gasteiger partial charge on any atom is -0.471 e. The highest BCUT2D eigenvalue weighted by molar-refractivity contribution is 5.71. The number of hydrogen-bond donors (Lipinski definition) is 1. The number of hydrogen-bond acceptors (Lipinski definition) is 7. The Morgan fingerprint density at radius 1 is 1.07 bits per heavy atom. The molecule has 1 aromatic carbocycles. The Balaban J connectivity index is 1.70. The van der Waals surface area contributed by atoms with Crippen LogP contribution < -0.4 is 15.4 Å². The maximum atomic E-state index is 5.97. The van der Waals surface area contributed by atoms with Crippen LogP contribution in [0.2, 0.25) is 0 Å². The molecule has 0 bridgehead atoms. The average molecular weight is 389 g/mol. The van der Waals surface area contributed by atoms with Gasteiger partial charge in [-0.25, -0.2) is 4.98 Å². The quantitative estimate of drug-likeness (QED) is 0.694. The summed E-state index contributed by atoms with van der Waals surface area (Å²) in [6, 6.07) is 15.5. The molecule has 1 fully saturated rings. The van der Waals surface area contributed by atoms with Gasteiger partial charge >= 0.3 is 0 Å². The number of morpholine rings is 1. The second-order valence-electron chi connectivity index (χ2n) is 6.54. The molecule has 1 aliphatic heterocycles. The number of ether oxygens (including phenoxy) is 2. The number of aromatic nitrogens is 3. The highest BCUT2D eigenvalue weighted by Gasteiger charge is 2.17. The second-order valence-corrected chi connectivity index (χ2v) is 6.54. The molecule has 2 N–H and O–H groups in total. The molecule has 1 aliphatic rings. The zero-order chi connectivity index (χ0) is 19.9. The highest BCUT2D eigenvalue weighted by Crippen LogP contribution is 2.27. The smallest absolute Gasteiger partial charge is 0.219 e. The Kier molecular flexibility index (Phi) is 5.97. The van der Waals surface area contributed by atoms with E-state index in [2.05, 4.69) is 14.9 Å². The predicted octanol–water partition coefficient (Wildman–Crippen LogP) is 2.88. The summed E-state index contributed by atoms with van der Waals surface area (Å²) in [6.45, 7) is 3.25. The molecule has 0 amide bonds. The topological polar surface area (TPSA) is 86.4 Å². The molecule has 2 aromatic heterocycles. The van der Waals surface area contributed by atoms with Gasteiger partial charge in [0.05, 0.1) is 18.9 Å². The molecule has 3 heterocycles. The van der Waals surface area contributed by atoms with Crippen molar-refractivity contribution in [1.29, 1.82) is 0 Å². The maximum absolute atomic E-state index is 5.97. The van der Waals surface area contributed by atoms with Gasteiger partial charge in [-0.2, -0.15) is 4.98 Å². The minimum absolute atomic E-state index is 0.337. The SMILES string of the molecule is N/C=C\c1ccccc1-c1nc(OCc2ccccn2)cc(N2CCOCC2)n1. The number of rotatable bonds is 6. The molecule has 0 unspecified atom stereocenters. The summed E-state index contributed by atoms with van der Waals surface area (Å²) >= 11 is 0. The van der Waals surface area contributed by atoms with Gasteiger partial charge in [0.2, 0.25) is 5.88 Å². The molecule has 3 aromatic rings. The van der Waals surface area contributed by atoms with Crippen molar-refractivity contribution in [3.63, 3.8) is 0 Å². The first-order chi connectivity index (χ1) is 14.3. The van der Waals surface area contributed by atoms with Crippen LogP contribution in [0.4, 0.5) is 5.82 Å². The van der Waals surface area contributed by atoms with Crippen LogP contribution >= 0.6 is 0 Å². The molecule has 1 saturated heterocycles. The highest BCUT2D eigenvalue weighted by atomic mass is 16.5. The summed E-state index contributed by atoms with van der Waals surface area (Å²) in [6.07, 6.45) is 5.11. The third-order valence-electron chi connectivity index (χ3n) is 4.60. The van der Waals surface area contributed by atoms with E-state index in [0.29, 0.717) is 31.5 Å². The average Bonchev–Trinajstić information content (AvgIpc) is 2.79. The van der Waals surface area contributed by atoms with Crippen molar-refractivity contribution in [3.05, 3.63) is 72.2 Å². The Hall–Kier alpha value is -3.45. The van der Waals surface area contributed by atoms with Crippen molar-refractivity contribution in [2.75, 3.05) is 31.2 Å². The van der Waals surface area contributed by atoms with E-state index in [-0.39, 0.29) is 0 Å². The number of nitrogens with zero attached hydrogens (tertiary/aromatic N) is 4. The standard InChI is InChI=1S/C22H23N5O2/c23-9-8-17-5-1-2-7-19(17)22-25-20(27-11-13-28-14-12-27)15-21(26-22)29-16-18-6-3-4-10-24-18/h1-10,15H,11-14,16,23H2/b9-8-. The van der Waals surface area contributed by atoms with Gasteiger partial charge in [-0.05, 0) is 30.0 Å². The third kappa shape index (κ3) is 4.70. The van der Waals surface area contributed by atoms with Gasteiger partial charge in [0.25, 0.3) is 0 Å². The number of benzene rings is 1. The predicted molar refractivity (Wildman–Crippen MR) is 112 cm³/mol. The summed E-state index contributed by atoms with van der Waals surface area (Å²) in [5, 5.41) is 0. The monoisotopic (exact) mass is 389 g/mol. The first-order valence-corrected chi connectivity index (χ1v) is 9.55. The first kappa shape index (κ1) is 18.9. The van der Waals surface area contributed by atoms with Gasteiger partial charge in [-0.1, -0.05) is 30.3 Å². The van der Waals surface area contributed by atoms with Gasteiger partial charge in [-0.15, -0.1) is 0 Å². The fourth-order valence-electron chi connectivity index (χ4n) is 3.14. The lowest BCUT2D eigenvalue weighted by molar-refractivity contribution is 0.122. The number of pyridine rings is 1. The zero-order valence-electron chi connectivity index (χ0n) is 16.1. The van der Waals surface area contributed by atoms with Gasteiger partial charge in [0.15, 0.2) is 5.82 Å². The second kappa shape index (κ2) is 9.16. The van der Waals surface area contributed by atoms with Gasteiger partial charge in [0.1, 0.15) is 12.4 Å². The molecule has 7 nitrogen and oxygen atoms in total. The van der Waals surface area contributed by atoms with Crippen LogP contribution in [0, 0.1) is 0 Å². The molecular formula is C22H23N5O2. The normalized spacial score (nSPS) is 14.3. The molecule has 7 heteroatoms. The number of nitrogens with two attached hydrogens (primary N) is 1. The molecule has 4 rings (SSSR count). The van der Waals surface area contributed by atoms with E-state index < -0.39 is 0 Å². The fourth-order valence-corrected chi connectivity index (χ4v) is 3.14. The minimum atomic E-state index is 0.337. The van der Waals surface area contributed by atoms with Crippen LogP contribution in [-0.4, -0.2) is 41.3 Å². The first-order valence-electron chi connectivity index (χ1n) is 9.55. The van der Waals surface area contributed by atoms with E-state index >= 15 is 0 Å². The van der Waals surface area contributed by atoms with Crippen LogP contribution in [0.1, 0.15) is 11.3 Å². The Morgan fingerprint density at radius 3 is 2.69 bits per heavy atom. The summed E-state index contributed by atoms with van der Waals surface area (Å²) < 4.78 is 11.4. The zero-order valence-corrected chi connectivity index (χ0v) is 16.1. The van der Waals surface area contributed by atoms with Crippen molar-refractivity contribution in [3.8, 4) is 17.3 Å². The number of anilines is 1. The Morgan fingerprint density at radius 2 is 1.90 bits per heavy atom. The van der Waals surface area contributed by atoms with E-state index in [9.17, 15) is 0 Å². The molecule has 148 valence electrons. The molecule has 0 aliphatic carbocycles. The maximum Gasteiger partial charge on any atom is 0.219 e. The summed E-state index contributed by atoms with van der Waals surface area (Å²) in [4.78, 5) is 16.0. The van der Waals surface area contributed by atoms with Crippen LogP contribution in [-0.2, 0) is 11.3 Å². The van der Waals surface area contributed by atoms with Crippen LogP contribution in [0.5, 0.6) is 5.88 Å². The van der Waals surface area contributed by atoms with E-state index in [1.807, 2.05) is 54.6 Å². The van der Waals surface area contributed by atoms with Gasteiger partial charge in [-0.3, -0.25) is 4.98 Å². The lowest BCUT2D eigenvalue weighted by Gasteiger charge is -2.28. The van der Waals surface area contributed by atoms with Crippen LogP contribution in [0.15, 0.2) is 60.9 Å². The lowest BCUT2D eigenvalue weighted by atomic mass is 10.1. The van der Waals surface area contributed by atoms with Crippen molar-refractivity contribution in [2.24, 2.45) is 5.73 Å². The van der Waals surface area contributed by atoms with Crippen molar-refractivity contribution in [2.45, 2.75) is 6.61 Å². The Bertz CT molecular complexity index is 972. The van der Waals surface area contributed by atoms with E-state index in [0.717, 1.165) is 35.7 Å². The van der Waals surface area contributed by atoms with E-state index in [1.165, 1.54) is 6.20 Å². The summed E-state index contributed by atoms with van der Waals surface area (Å²) in [7, 11) is 0. The Labute approximate surface area is 169 Å². The van der Waals surface area contributed by atoms with Crippen molar-refractivity contribution < 1.29 is 9.47 Å². The molecule has 0 saturated carbocycles. The third-order valence-corrected chi connectivity index (χ3v) is 4.60. The fraction of sp³-hybridized carbons (Fsp3) is 0.227. The van der Waals surface area contributed by atoms with Crippen molar-refractivity contribution >= 4 is 11.9 Å². The van der Waals surface area contributed by atoms with Crippen LogP contribution in [0.25, 0.3) is 17.5 Å².